The molecule has 0 saturated carbocycles. The first-order chi connectivity index (χ1) is 13.5. The lowest BCUT2D eigenvalue weighted by molar-refractivity contribution is -0.268. The quantitative estimate of drug-likeness (QED) is 0.546. The van der Waals surface area contributed by atoms with Gasteiger partial charge >= 0.3 is 0 Å². The Morgan fingerprint density at radius 1 is 1.11 bits per heavy atom. The molecule has 6 nitrogen and oxygen atoms in total. The molecular weight excluding hydrogens is 356 g/mol. The average Bonchev–Trinajstić information content (AvgIpc) is 3.12. The highest BCUT2D eigenvalue weighted by molar-refractivity contribution is 5.92. The van der Waals surface area contributed by atoms with Gasteiger partial charge in [-0.2, -0.15) is 0 Å². The van der Waals surface area contributed by atoms with Crippen molar-refractivity contribution in [3.05, 3.63) is 35.9 Å². The van der Waals surface area contributed by atoms with Crippen LogP contribution in [0.25, 0.3) is 0 Å². The van der Waals surface area contributed by atoms with E-state index in [2.05, 4.69) is 6.92 Å². The van der Waals surface area contributed by atoms with Gasteiger partial charge in [-0.1, -0.05) is 69.4 Å². The van der Waals surface area contributed by atoms with Crippen LogP contribution >= 0.6 is 0 Å². The van der Waals surface area contributed by atoms with Crippen LogP contribution in [0.5, 0.6) is 0 Å². The lowest BCUT2D eigenvalue weighted by Crippen LogP contribution is -2.55. The third-order valence-corrected chi connectivity index (χ3v) is 5.26. The SMILES string of the molecule is CCCCCCCCN(C(=O)[O-])[C@@H](Cc1ccccc1)C(=O)N1CCC(=O)C1. The molecule has 0 aliphatic carbocycles. The Balaban J connectivity index is 2.08. The number of unbranched alkanes of at least 4 members (excludes halogenated alkanes) is 5. The molecule has 1 aliphatic heterocycles. The van der Waals surface area contributed by atoms with Gasteiger partial charge in [0.25, 0.3) is 0 Å². The molecule has 28 heavy (non-hydrogen) atoms. The fourth-order valence-corrected chi connectivity index (χ4v) is 3.63. The van der Waals surface area contributed by atoms with Gasteiger partial charge in [0.1, 0.15) is 12.1 Å². The van der Waals surface area contributed by atoms with Gasteiger partial charge in [0.05, 0.1) is 6.54 Å². The molecule has 1 aromatic rings. The van der Waals surface area contributed by atoms with Gasteiger partial charge in [0.15, 0.2) is 5.78 Å². The summed E-state index contributed by atoms with van der Waals surface area (Å²) in [7, 11) is 0. The van der Waals surface area contributed by atoms with Gasteiger partial charge in [-0.3, -0.25) is 9.59 Å². The fraction of sp³-hybridized carbons (Fsp3) is 0.591. The van der Waals surface area contributed by atoms with E-state index in [1.165, 1.54) is 11.3 Å². The second-order valence-electron chi connectivity index (χ2n) is 7.48. The highest BCUT2D eigenvalue weighted by atomic mass is 16.4. The summed E-state index contributed by atoms with van der Waals surface area (Å²) in [6.45, 7) is 2.86. The van der Waals surface area contributed by atoms with Crippen molar-refractivity contribution in [1.82, 2.24) is 9.80 Å². The maximum atomic E-state index is 13.1. The Morgan fingerprint density at radius 3 is 2.39 bits per heavy atom. The van der Waals surface area contributed by atoms with Gasteiger partial charge in [-0.25, -0.2) is 0 Å². The van der Waals surface area contributed by atoms with Gasteiger partial charge in [0, 0.05) is 25.9 Å². The Bertz CT molecular complexity index is 647. The predicted octanol–water partition coefficient (Wildman–Crippen LogP) is 2.40. The number of nitrogens with zero attached hydrogens (tertiary/aromatic N) is 2. The lowest BCUT2D eigenvalue weighted by atomic mass is 10.0. The van der Waals surface area contributed by atoms with E-state index in [1.807, 2.05) is 30.3 Å². The summed E-state index contributed by atoms with van der Waals surface area (Å²) in [4.78, 5) is 39.2. The van der Waals surface area contributed by atoms with Crippen LogP contribution in [-0.2, 0) is 16.0 Å². The second kappa shape index (κ2) is 11.5. The number of rotatable bonds is 11. The summed E-state index contributed by atoms with van der Waals surface area (Å²) in [5.41, 5.74) is 0.889. The largest absolute Gasteiger partial charge is 0.530 e. The lowest BCUT2D eigenvalue weighted by Gasteiger charge is -2.35. The van der Waals surface area contributed by atoms with Crippen LogP contribution in [0.4, 0.5) is 4.79 Å². The second-order valence-corrected chi connectivity index (χ2v) is 7.48. The Hall–Kier alpha value is -2.37. The average molecular weight is 388 g/mol. The summed E-state index contributed by atoms with van der Waals surface area (Å²) >= 11 is 0. The third-order valence-electron chi connectivity index (χ3n) is 5.26. The van der Waals surface area contributed by atoms with Crippen LogP contribution in [0.3, 0.4) is 0 Å². The molecule has 0 unspecified atom stereocenters. The van der Waals surface area contributed by atoms with E-state index >= 15 is 0 Å². The van der Waals surface area contributed by atoms with E-state index in [4.69, 9.17) is 0 Å². The maximum Gasteiger partial charge on any atom is 0.246 e. The minimum absolute atomic E-state index is 0.0164. The van der Waals surface area contributed by atoms with Crippen LogP contribution in [0.1, 0.15) is 57.4 Å². The molecule has 1 aliphatic rings. The molecule has 1 heterocycles. The number of likely N-dealkylation sites (tertiary alicyclic amines) is 1. The van der Waals surface area contributed by atoms with Gasteiger partial charge in [-0.05, 0) is 12.0 Å². The molecule has 0 aromatic heterocycles. The van der Waals surface area contributed by atoms with Crippen molar-refractivity contribution in [2.75, 3.05) is 19.6 Å². The zero-order chi connectivity index (χ0) is 20.4. The topological polar surface area (TPSA) is 80.8 Å². The van der Waals surface area contributed by atoms with Crippen molar-refractivity contribution in [3.63, 3.8) is 0 Å². The molecule has 0 spiro atoms. The number of Topliss-reactive ketones (excluding diaryl/α,β-unsaturated/α-hetero) is 1. The van der Waals surface area contributed by atoms with E-state index in [9.17, 15) is 19.5 Å². The molecular formula is C22H31N2O4-. The molecule has 2 amide bonds. The van der Waals surface area contributed by atoms with Crippen molar-refractivity contribution in [2.45, 2.75) is 64.3 Å². The number of carbonyl (C=O) groups excluding carboxylic acids is 3. The van der Waals surface area contributed by atoms with E-state index in [0.717, 1.165) is 36.1 Å². The number of carboxylic acid groups (broad SMARTS) is 1. The van der Waals surface area contributed by atoms with Gasteiger partial charge < -0.3 is 19.7 Å². The Labute approximate surface area is 167 Å². The highest BCUT2D eigenvalue weighted by Crippen LogP contribution is 2.17. The van der Waals surface area contributed by atoms with Crippen molar-refractivity contribution in [3.8, 4) is 0 Å². The van der Waals surface area contributed by atoms with E-state index in [0.29, 0.717) is 19.4 Å². The smallest absolute Gasteiger partial charge is 0.246 e. The first-order valence-electron chi connectivity index (χ1n) is 10.3. The number of amides is 2. The van der Waals surface area contributed by atoms with E-state index in [1.54, 1.807) is 0 Å². The van der Waals surface area contributed by atoms with Crippen molar-refractivity contribution in [1.29, 1.82) is 0 Å². The summed E-state index contributed by atoms with van der Waals surface area (Å²) < 4.78 is 0. The number of hydrogen-bond acceptors (Lipinski definition) is 4. The summed E-state index contributed by atoms with van der Waals surface area (Å²) in [6.07, 6.45) is 5.48. The number of benzene rings is 1. The number of ketones is 1. The van der Waals surface area contributed by atoms with Crippen molar-refractivity contribution < 1.29 is 19.5 Å². The van der Waals surface area contributed by atoms with Crippen molar-refractivity contribution in [2.24, 2.45) is 0 Å². The molecule has 0 radical (unpaired) electrons. The molecule has 1 aromatic carbocycles. The Kier molecular flexibility index (Phi) is 8.98. The zero-order valence-electron chi connectivity index (χ0n) is 16.8. The van der Waals surface area contributed by atoms with E-state index in [-0.39, 0.29) is 31.2 Å². The van der Waals surface area contributed by atoms with Crippen molar-refractivity contribution >= 4 is 17.8 Å². The highest BCUT2D eigenvalue weighted by Gasteiger charge is 2.33. The Morgan fingerprint density at radius 2 is 1.79 bits per heavy atom. The fourth-order valence-electron chi connectivity index (χ4n) is 3.63. The maximum absolute atomic E-state index is 13.1. The summed E-state index contributed by atoms with van der Waals surface area (Å²) in [6, 6.07) is 8.53. The number of carbonyl (C=O) groups is 3. The van der Waals surface area contributed by atoms with E-state index < -0.39 is 12.1 Å². The predicted molar refractivity (Wildman–Crippen MR) is 106 cm³/mol. The van der Waals surface area contributed by atoms with Crippen LogP contribution in [-0.4, -0.2) is 53.3 Å². The third kappa shape index (κ3) is 6.66. The first kappa shape index (κ1) is 21.9. The molecule has 1 fully saturated rings. The van der Waals surface area contributed by atoms with Gasteiger partial charge in [0.2, 0.25) is 5.91 Å². The molecule has 2 rings (SSSR count). The molecule has 1 atom stereocenters. The molecule has 6 heteroatoms. The minimum Gasteiger partial charge on any atom is -0.530 e. The summed E-state index contributed by atoms with van der Waals surface area (Å²) in [5, 5.41) is 11.9. The summed E-state index contributed by atoms with van der Waals surface area (Å²) in [5.74, 6) is -0.285. The normalized spacial score (nSPS) is 14.9. The zero-order valence-corrected chi connectivity index (χ0v) is 16.8. The standard InChI is InChI=1S/C22H32N2O4/c1-2-3-4-5-6-10-14-24(22(27)28)20(16-18-11-8-7-9-12-18)21(26)23-15-13-19(25)17-23/h7-9,11-12,20H,2-6,10,13-17H2,1H3,(H,27,28)/p-1/t20-/m0/s1. The van der Waals surface area contributed by atoms with Crippen LogP contribution in [0, 0.1) is 0 Å². The van der Waals surface area contributed by atoms with Crippen LogP contribution < -0.4 is 5.11 Å². The van der Waals surface area contributed by atoms with Crippen LogP contribution in [0.15, 0.2) is 30.3 Å². The van der Waals surface area contributed by atoms with Gasteiger partial charge in [-0.15, -0.1) is 0 Å². The molecule has 0 bridgehead atoms. The monoisotopic (exact) mass is 387 g/mol. The van der Waals surface area contributed by atoms with Crippen LogP contribution in [0.2, 0.25) is 0 Å². The number of hydrogen-bond donors (Lipinski definition) is 0. The molecule has 0 N–H and O–H groups in total. The molecule has 154 valence electrons. The first-order valence-corrected chi connectivity index (χ1v) is 10.3. The molecule has 1 saturated heterocycles. The minimum atomic E-state index is -1.33.